The molecule has 0 saturated carbocycles. The van der Waals surface area contributed by atoms with Crippen molar-refractivity contribution in [3.8, 4) is 0 Å². The number of hydrogen-bond donors (Lipinski definition) is 0. The molecule has 1 heterocycles. The molecule has 0 spiro atoms. The van der Waals surface area contributed by atoms with Crippen LogP contribution in [0.2, 0.25) is 0 Å². The molecule has 0 aromatic heterocycles. The van der Waals surface area contributed by atoms with E-state index in [4.69, 9.17) is 4.99 Å². The fraction of sp³-hybridized carbons (Fsp3) is 0.188. The van der Waals surface area contributed by atoms with Gasteiger partial charge in [0.25, 0.3) is 5.91 Å². The lowest BCUT2D eigenvalue weighted by atomic mass is 9.87. The van der Waals surface area contributed by atoms with Crippen LogP contribution in [-0.2, 0) is 0 Å². The van der Waals surface area contributed by atoms with Crippen molar-refractivity contribution in [3.05, 3.63) is 126 Å². The molecule has 0 unspecified atom stereocenters. The van der Waals surface area contributed by atoms with Crippen molar-refractivity contribution in [1.82, 2.24) is 4.90 Å². The van der Waals surface area contributed by atoms with Gasteiger partial charge in [-0.1, -0.05) is 124 Å². The normalized spacial score (nSPS) is 15.7. The summed E-state index contributed by atoms with van der Waals surface area (Å²) < 4.78 is 0. The summed E-state index contributed by atoms with van der Waals surface area (Å²) >= 11 is 0. The van der Waals surface area contributed by atoms with Crippen LogP contribution in [0.15, 0.2) is 120 Å². The van der Waals surface area contributed by atoms with Crippen LogP contribution in [0.4, 0.5) is 0 Å². The number of nitrogens with zero attached hydrogens (tertiary/aromatic N) is 2. The largest absolute Gasteiger partial charge is 0.290 e. The van der Waals surface area contributed by atoms with Crippen molar-refractivity contribution in [1.29, 1.82) is 0 Å². The Labute approximate surface area is 215 Å². The van der Waals surface area contributed by atoms with E-state index in [1.165, 1.54) is 15.9 Å². The molecule has 0 fully saturated rings. The molecular weight excluding hydrogens is 459 g/mol. The molecule has 0 radical (unpaired) electrons. The molecule has 4 heteroatoms. The Kier molecular flexibility index (Phi) is 6.85. The molecule has 0 saturated heterocycles. The van der Waals surface area contributed by atoms with Crippen LogP contribution < -0.4 is 15.9 Å². The predicted molar refractivity (Wildman–Crippen MR) is 152 cm³/mol. The molecule has 1 atom stereocenters. The lowest BCUT2D eigenvalue weighted by Crippen LogP contribution is -2.40. The van der Waals surface area contributed by atoms with E-state index in [1.807, 2.05) is 35.2 Å². The highest BCUT2D eigenvalue weighted by atomic mass is 31.1. The maximum absolute atomic E-state index is 13.8. The molecule has 1 aliphatic heterocycles. The zero-order chi connectivity index (χ0) is 25.1. The Morgan fingerprint density at radius 1 is 0.750 bits per heavy atom. The number of rotatable bonds is 5. The highest BCUT2D eigenvalue weighted by Crippen LogP contribution is 2.36. The first kappa shape index (κ1) is 24.2. The van der Waals surface area contributed by atoms with Gasteiger partial charge in [0.2, 0.25) is 0 Å². The summed E-state index contributed by atoms with van der Waals surface area (Å²) in [4.78, 5) is 20.9. The molecule has 0 N–H and O–H groups in total. The summed E-state index contributed by atoms with van der Waals surface area (Å²) in [6.45, 7) is 7.17. The van der Waals surface area contributed by atoms with Crippen molar-refractivity contribution in [2.24, 2.45) is 10.4 Å². The molecule has 4 aromatic carbocycles. The van der Waals surface area contributed by atoms with Gasteiger partial charge in [0.05, 0.1) is 12.6 Å². The number of carbonyl (C=O) groups excluding carboxylic acids is 1. The second-order valence-electron chi connectivity index (χ2n) is 10.1. The van der Waals surface area contributed by atoms with Crippen molar-refractivity contribution >= 4 is 35.6 Å². The van der Waals surface area contributed by atoms with Crippen molar-refractivity contribution in [3.63, 3.8) is 0 Å². The maximum atomic E-state index is 13.8. The minimum absolute atomic E-state index is 0.000321. The Morgan fingerprint density at radius 3 is 1.81 bits per heavy atom. The average molecular weight is 491 g/mol. The van der Waals surface area contributed by atoms with Crippen molar-refractivity contribution < 1.29 is 4.79 Å². The van der Waals surface area contributed by atoms with Crippen LogP contribution in [0.1, 0.15) is 36.7 Å². The van der Waals surface area contributed by atoms with Gasteiger partial charge in [-0.3, -0.25) is 14.7 Å². The van der Waals surface area contributed by atoms with Crippen LogP contribution in [-0.4, -0.2) is 29.2 Å². The van der Waals surface area contributed by atoms with Crippen molar-refractivity contribution in [2.75, 3.05) is 6.54 Å². The van der Waals surface area contributed by atoms with Gasteiger partial charge in [0, 0.05) is 11.1 Å². The summed E-state index contributed by atoms with van der Waals surface area (Å²) in [5, 5.41) is 3.76. The highest BCUT2D eigenvalue weighted by Gasteiger charge is 2.38. The van der Waals surface area contributed by atoms with Gasteiger partial charge in [-0.05, 0) is 41.4 Å². The minimum atomic E-state index is -0.837. The van der Waals surface area contributed by atoms with Gasteiger partial charge in [0.1, 0.15) is 5.84 Å². The summed E-state index contributed by atoms with van der Waals surface area (Å²) in [6.07, 6.45) is 0. The molecule has 0 bridgehead atoms. The average Bonchev–Trinajstić information content (AvgIpc) is 3.37. The quantitative estimate of drug-likeness (QED) is 0.327. The molecule has 180 valence electrons. The third kappa shape index (κ3) is 4.90. The van der Waals surface area contributed by atoms with E-state index in [1.54, 1.807) is 0 Å². The van der Waals surface area contributed by atoms with Gasteiger partial charge in [-0.2, -0.15) is 0 Å². The molecular formula is C32H31N2OP. The lowest BCUT2D eigenvalue weighted by Gasteiger charge is -2.26. The Balaban J connectivity index is 1.67. The van der Waals surface area contributed by atoms with E-state index in [0.29, 0.717) is 12.1 Å². The van der Waals surface area contributed by atoms with Crippen LogP contribution in [0.5, 0.6) is 0 Å². The first-order valence-corrected chi connectivity index (χ1v) is 13.7. The lowest BCUT2D eigenvalue weighted by molar-refractivity contribution is 0.0844. The number of amides is 1. The second kappa shape index (κ2) is 10.2. The maximum Gasteiger partial charge on any atom is 0.259 e. The highest BCUT2D eigenvalue weighted by molar-refractivity contribution is 7.80. The van der Waals surface area contributed by atoms with Crippen LogP contribution in [0.3, 0.4) is 0 Å². The number of aliphatic imine (C=N–C) groups is 1. The van der Waals surface area contributed by atoms with Gasteiger partial charge in [-0.15, -0.1) is 0 Å². The van der Waals surface area contributed by atoms with Gasteiger partial charge in [0.15, 0.2) is 0 Å². The number of amidine groups is 1. The first-order valence-electron chi connectivity index (χ1n) is 12.4. The van der Waals surface area contributed by atoms with E-state index in [9.17, 15) is 4.79 Å². The Morgan fingerprint density at radius 2 is 1.25 bits per heavy atom. The van der Waals surface area contributed by atoms with E-state index in [-0.39, 0.29) is 17.4 Å². The molecule has 36 heavy (non-hydrogen) atoms. The Bertz CT molecular complexity index is 1320. The van der Waals surface area contributed by atoms with Gasteiger partial charge >= 0.3 is 0 Å². The van der Waals surface area contributed by atoms with Crippen molar-refractivity contribution in [2.45, 2.75) is 26.8 Å². The fourth-order valence-corrected chi connectivity index (χ4v) is 7.00. The van der Waals surface area contributed by atoms with Gasteiger partial charge < -0.3 is 0 Å². The predicted octanol–water partition coefficient (Wildman–Crippen LogP) is 5.76. The van der Waals surface area contributed by atoms with Crippen LogP contribution in [0.25, 0.3) is 0 Å². The molecule has 3 nitrogen and oxygen atoms in total. The third-order valence-corrected chi connectivity index (χ3v) is 9.07. The SMILES string of the molecule is CC(C)(C)[C@H]1CN(C(=O)c2ccccc2)C(c2ccccc2P(c2ccccc2)c2ccccc2)=N1. The smallest absolute Gasteiger partial charge is 0.259 e. The zero-order valence-electron chi connectivity index (χ0n) is 21.0. The van der Waals surface area contributed by atoms with Crippen LogP contribution in [0, 0.1) is 5.41 Å². The number of benzene rings is 4. The summed E-state index contributed by atoms with van der Waals surface area (Å²) in [5.74, 6) is 0.776. The standard InChI is InChI=1S/C32H31N2OP/c1-32(2,3)29-23-34(31(35)24-15-7-4-8-16-24)30(33-29)27-21-13-14-22-28(27)36(25-17-9-5-10-18-25)26-19-11-6-12-20-26/h4-22,29H,23H2,1-3H3/t29-/m1/s1. The Hall–Kier alpha value is -3.55. The molecule has 5 rings (SSSR count). The monoisotopic (exact) mass is 490 g/mol. The summed E-state index contributed by atoms with van der Waals surface area (Å²) in [7, 11) is -0.837. The fourth-order valence-electron chi connectivity index (χ4n) is 4.55. The van der Waals surface area contributed by atoms with E-state index >= 15 is 0 Å². The molecule has 1 amide bonds. The van der Waals surface area contributed by atoms with Crippen LogP contribution >= 0.6 is 7.92 Å². The molecule has 0 aliphatic carbocycles. The first-order chi connectivity index (χ1) is 17.4. The van der Waals surface area contributed by atoms with E-state index in [0.717, 1.165) is 11.4 Å². The summed E-state index contributed by atoms with van der Waals surface area (Å²) in [5.41, 5.74) is 1.66. The van der Waals surface area contributed by atoms with Gasteiger partial charge in [-0.25, -0.2) is 0 Å². The zero-order valence-corrected chi connectivity index (χ0v) is 21.9. The third-order valence-electron chi connectivity index (χ3n) is 6.57. The minimum Gasteiger partial charge on any atom is -0.290 e. The number of hydrogen-bond acceptors (Lipinski definition) is 2. The van der Waals surface area contributed by atoms with E-state index < -0.39 is 7.92 Å². The number of carbonyl (C=O) groups is 1. The summed E-state index contributed by atoms with van der Waals surface area (Å²) in [6, 6.07) is 39.4. The molecule has 4 aromatic rings. The topological polar surface area (TPSA) is 32.7 Å². The molecule has 1 aliphatic rings. The second-order valence-corrected chi connectivity index (χ2v) is 12.3. The van der Waals surface area contributed by atoms with E-state index in [2.05, 4.69) is 106 Å².